The first-order chi connectivity index (χ1) is 13.0. The minimum absolute atomic E-state index is 0.00491. The van der Waals surface area contributed by atoms with Gasteiger partial charge in [-0.05, 0) is 23.6 Å². The standard InChI is InChI=1S/C19H24N2O4S2/c22-17(18-7-4-13-26-18)15-20-9-11-21(12-10-20)19(23)8-14-27(24,25)16-5-2-1-3-6-16/h1-7,13,17,22H,8-12,14-15H2. The van der Waals surface area contributed by atoms with Gasteiger partial charge in [-0.15, -0.1) is 11.3 Å². The third-order valence-electron chi connectivity index (χ3n) is 4.71. The van der Waals surface area contributed by atoms with Crippen LogP contribution in [0.4, 0.5) is 0 Å². The highest BCUT2D eigenvalue weighted by molar-refractivity contribution is 7.91. The molecule has 2 heterocycles. The van der Waals surface area contributed by atoms with E-state index in [-0.39, 0.29) is 23.0 Å². The van der Waals surface area contributed by atoms with Crippen molar-refractivity contribution in [3.8, 4) is 0 Å². The van der Waals surface area contributed by atoms with Crippen LogP contribution < -0.4 is 0 Å². The number of sulfone groups is 1. The van der Waals surface area contributed by atoms with Crippen molar-refractivity contribution in [1.82, 2.24) is 9.80 Å². The number of carbonyl (C=O) groups is 1. The fourth-order valence-corrected chi connectivity index (χ4v) is 5.07. The maximum atomic E-state index is 12.4. The number of amides is 1. The molecule has 0 radical (unpaired) electrons. The monoisotopic (exact) mass is 408 g/mol. The highest BCUT2D eigenvalue weighted by Gasteiger charge is 2.24. The maximum Gasteiger partial charge on any atom is 0.223 e. The fourth-order valence-electron chi connectivity index (χ4n) is 3.12. The van der Waals surface area contributed by atoms with Gasteiger partial charge in [-0.2, -0.15) is 0 Å². The van der Waals surface area contributed by atoms with Gasteiger partial charge in [0.2, 0.25) is 5.91 Å². The molecule has 6 nitrogen and oxygen atoms in total. The second kappa shape index (κ2) is 8.97. The van der Waals surface area contributed by atoms with Gasteiger partial charge in [0, 0.05) is 44.0 Å². The van der Waals surface area contributed by atoms with Crippen LogP contribution in [-0.2, 0) is 14.6 Å². The molecule has 1 aromatic heterocycles. The zero-order chi connectivity index (χ0) is 19.3. The average molecular weight is 409 g/mol. The summed E-state index contributed by atoms with van der Waals surface area (Å²) in [6.45, 7) is 3.02. The summed E-state index contributed by atoms with van der Waals surface area (Å²) in [5, 5.41) is 12.2. The SMILES string of the molecule is O=C(CCS(=O)(=O)c1ccccc1)N1CCN(CC(O)c2cccs2)CC1. The molecule has 1 fully saturated rings. The van der Waals surface area contributed by atoms with Crippen LogP contribution in [0.3, 0.4) is 0 Å². The lowest BCUT2D eigenvalue weighted by Gasteiger charge is -2.35. The molecule has 3 rings (SSSR count). The van der Waals surface area contributed by atoms with E-state index in [2.05, 4.69) is 4.90 Å². The fraction of sp³-hybridized carbons (Fsp3) is 0.421. The van der Waals surface area contributed by atoms with Crippen molar-refractivity contribution < 1.29 is 18.3 Å². The van der Waals surface area contributed by atoms with Gasteiger partial charge in [0.15, 0.2) is 9.84 Å². The molecule has 2 aromatic rings. The second-order valence-corrected chi connectivity index (χ2v) is 9.68. The van der Waals surface area contributed by atoms with Crippen LogP contribution in [-0.4, -0.2) is 67.7 Å². The van der Waals surface area contributed by atoms with Crippen molar-refractivity contribution in [2.75, 3.05) is 38.5 Å². The molecule has 1 saturated heterocycles. The molecular formula is C19H24N2O4S2. The second-order valence-electron chi connectivity index (χ2n) is 6.59. The van der Waals surface area contributed by atoms with Gasteiger partial charge in [0.05, 0.1) is 10.6 Å². The molecule has 1 aliphatic heterocycles. The third-order valence-corrected chi connectivity index (χ3v) is 7.42. The lowest BCUT2D eigenvalue weighted by molar-refractivity contribution is -0.132. The Labute approximate surface area is 164 Å². The third kappa shape index (κ3) is 5.38. The maximum absolute atomic E-state index is 12.4. The van der Waals surface area contributed by atoms with Gasteiger partial charge in [-0.1, -0.05) is 24.3 Å². The van der Waals surface area contributed by atoms with Crippen molar-refractivity contribution in [1.29, 1.82) is 0 Å². The molecular weight excluding hydrogens is 384 g/mol. The van der Waals surface area contributed by atoms with E-state index < -0.39 is 15.9 Å². The smallest absolute Gasteiger partial charge is 0.223 e. The first-order valence-corrected chi connectivity index (χ1v) is 11.5. The van der Waals surface area contributed by atoms with Crippen LogP contribution in [0.2, 0.25) is 0 Å². The number of hydrogen-bond acceptors (Lipinski definition) is 6. The molecule has 8 heteroatoms. The summed E-state index contributed by atoms with van der Waals surface area (Å²) in [5.74, 6) is -0.305. The lowest BCUT2D eigenvalue weighted by Crippen LogP contribution is -2.49. The number of carbonyl (C=O) groups excluding carboxylic acids is 1. The van der Waals surface area contributed by atoms with Gasteiger partial charge < -0.3 is 10.0 Å². The zero-order valence-electron chi connectivity index (χ0n) is 15.0. The summed E-state index contributed by atoms with van der Waals surface area (Å²) in [5.41, 5.74) is 0. The Balaban J connectivity index is 1.45. The van der Waals surface area contributed by atoms with E-state index in [1.165, 1.54) is 11.3 Å². The minimum atomic E-state index is -3.44. The van der Waals surface area contributed by atoms with Gasteiger partial charge in [-0.3, -0.25) is 9.69 Å². The Morgan fingerprint density at radius 1 is 1.07 bits per heavy atom. The number of aliphatic hydroxyl groups excluding tert-OH is 1. The topological polar surface area (TPSA) is 77.9 Å². The van der Waals surface area contributed by atoms with E-state index in [0.717, 1.165) is 4.88 Å². The Morgan fingerprint density at radius 3 is 2.41 bits per heavy atom. The van der Waals surface area contributed by atoms with Gasteiger partial charge in [0.1, 0.15) is 6.10 Å². The molecule has 0 aliphatic carbocycles. The number of piperazine rings is 1. The molecule has 0 saturated carbocycles. The number of benzene rings is 1. The van der Waals surface area contributed by atoms with E-state index in [9.17, 15) is 18.3 Å². The Bertz CT molecular complexity index is 830. The number of nitrogens with zero attached hydrogens (tertiary/aromatic N) is 2. The normalized spacial score (nSPS) is 17.0. The summed E-state index contributed by atoms with van der Waals surface area (Å²) < 4.78 is 24.6. The van der Waals surface area contributed by atoms with Crippen molar-refractivity contribution in [3.63, 3.8) is 0 Å². The first-order valence-electron chi connectivity index (χ1n) is 8.95. The number of hydrogen-bond donors (Lipinski definition) is 1. The summed E-state index contributed by atoms with van der Waals surface area (Å²) in [7, 11) is -3.44. The molecule has 1 atom stereocenters. The highest BCUT2D eigenvalue weighted by Crippen LogP contribution is 2.20. The Kier molecular flexibility index (Phi) is 6.64. The molecule has 1 N–H and O–H groups in total. The summed E-state index contributed by atoms with van der Waals surface area (Å²) in [6, 6.07) is 12.1. The van der Waals surface area contributed by atoms with E-state index in [0.29, 0.717) is 32.7 Å². The van der Waals surface area contributed by atoms with E-state index in [1.807, 2.05) is 17.5 Å². The predicted molar refractivity (Wildman–Crippen MR) is 105 cm³/mol. The number of rotatable bonds is 7. The molecule has 1 amide bonds. The van der Waals surface area contributed by atoms with Crippen LogP contribution in [0.1, 0.15) is 17.4 Å². The molecule has 1 aliphatic rings. The lowest BCUT2D eigenvalue weighted by atomic mass is 10.2. The van der Waals surface area contributed by atoms with Crippen molar-refractivity contribution in [2.45, 2.75) is 17.4 Å². The van der Waals surface area contributed by atoms with Crippen molar-refractivity contribution >= 4 is 27.1 Å². The zero-order valence-corrected chi connectivity index (χ0v) is 16.7. The molecule has 1 unspecified atom stereocenters. The van der Waals surface area contributed by atoms with E-state index in [4.69, 9.17) is 0 Å². The predicted octanol–water partition coefficient (Wildman–Crippen LogP) is 1.79. The van der Waals surface area contributed by atoms with Crippen LogP contribution in [0.15, 0.2) is 52.7 Å². The number of aliphatic hydroxyl groups is 1. The summed E-state index contributed by atoms with van der Waals surface area (Å²) in [4.78, 5) is 17.4. The van der Waals surface area contributed by atoms with Crippen LogP contribution in [0.25, 0.3) is 0 Å². The van der Waals surface area contributed by atoms with E-state index >= 15 is 0 Å². The molecule has 146 valence electrons. The van der Waals surface area contributed by atoms with Crippen molar-refractivity contribution in [2.24, 2.45) is 0 Å². The molecule has 27 heavy (non-hydrogen) atoms. The number of β-amino-alcohol motifs (C(OH)–C–C–N with tert-alkyl or cyclic N) is 1. The Hall–Kier alpha value is -1.74. The number of thiophene rings is 1. The van der Waals surface area contributed by atoms with Crippen LogP contribution in [0.5, 0.6) is 0 Å². The average Bonchev–Trinajstić information content (AvgIpc) is 3.22. The Morgan fingerprint density at radius 2 is 1.78 bits per heavy atom. The minimum Gasteiger partial charge on any atom is -0.386 e. The summed E-state index contributed by atoms with van der Waals surface area (Å²) >= 11 is 1.53. The van der Waals surface area contributed by atoms with Gasteiger partial charge in [0.25, 0.3) is 0 Å². The van der Waals surface area contributed by atoms with Crippen molar-refractivity contribution in [3.05, 3.63) is 52.7 Å². The summed E-state index contributed by atoms with van der Waals surface area (Å²) in [6.07, 6.45) is -0.516. The van der Waals surface area contributed by atoms with Crippen LogP contribution in [0, 0.1) is 0 Å². The van der Waals surface area contributed by atoms with Gasteiger partial charge >= 0.3 is 0 Å². The van der Waals surface area contributed by atoms with E-state index in [1.54, 1.807) is 35.2 Å². The molecule has 0 bridgehead atoms. The first kappa shape index (κ1) is 20.0. The van der Waals surface area contributed by atoms with Crippen LogP contribution >= 0.6 is 11.3 Å². The van der Waals surface area contributed by atoms with Gasteiger partial charge in [-0.25, -0.2) is 8.42 Å². The largest absolute Gasteiger partial charge is 0.386 e. The quantitative estimate of drug-likeness (QED) is 0.756. The molecule has 0 spiro atoms. The highest BCUT2D eigenvalue weighted by atomic mass is 32.2. The molecule has 1 aromatic carbocycles.